The number of para-hydroxylation sites is 2. The predicted molar refractivity (Wildman–Crippen MR) is 91.5 cm³/mol. The SMILES string of the molecule is O=C1C(F)CCN1CC(O)Cn1c2ccccc2c2ccccc21. The van der Waals surface area contributed by atoms with Crippen LogP contribution in [-0.4, -0.2) is 45.8 Å². The average Bonchev–Trinajstić information content (AvgIpc) is 3.08. The highest BCUT2D eigenvalue weighted by atomic mass is 19.1. The van der Waals surface area contributed by atoms with Crippen LogP contribution in [0.4, 0.5) is 4.39 Å². The van der Waals surface area contributed by atoms with Crippen molar-refractivity contribution in [3.05, 3.63) is 48.5 Å². The van der Waals surface area contributed by atoms with Crippen molar-refractivity contribution in [2.24, 2.45) is 0 Å². The predicted octanol–water partition coefficient (Wildman–Crippen LogP) is 2.73. The Morgan fingerprint density at radius 1 is 1.04 bits per heavy atom. The van der Waals surface area contributed by atoms with Crippen LogP contribution in [0.15, 0.2) is 48.5 Å². The largest absolute Gasteiger partial charge is 0.389 e. The fraction of sp³-hybridized carbons (Fsp3) is 0.316. The number of carbonyl (C=O) groups is 1. The van der Waals surface area contributed by atoms with E-state index in [-0.39, 0.29) is 13.0 Å². The first kappa shape index (κ1) is 15.1. The van der Waals surface area contributed by atoms with Gasteiger partial charge in [0.1, 0.15) is 0 Å². The van der Waals surface area contributed by atoms with Crippen molar-refractivity contribution in [1.29, 1.82) is 0 Å². The Kier molecular flexibility index (Phi) is 3.73. The van der Waals surface area contributed by atoms with E-state index < -0.39 is 18.2 Å². The first-order valence-electron chi connectivity index (χ1n) is 8.22. The lowest BCUT2D eigenvalue weighted by Crippen LogP contribution is -2.37. The van der Waals surface area contributed by atoms with Crippen molar-refractivity contribution in [1.82, 2.24) is 9.47 Å². The van der Waals surface area contributed by atoms with Crippen LogP contribution in [0.5, 0.6) is 0 Å². The number of amides is 1. The molecule has 2 heterocycles. The van der Waals surface area contributed by atoms with Crippen molar-refractivity contribution < 1.29 is 14.3 Å². The van der Waals surface area contributed by atoms with Gasteiger partial charge < -0.3 is 14.6 Å². The van der Waals surface area contributed by atoms with Gasteiger partial charge >= 0.3 is 0 Å². The van der Waals surface area contributed by atoms with Gasteiger partial charge in [-0.25, -0.2) is 4.39 Å². The molecule has 0 radical (unpaired) electrons. The van der Waals surface area contributed by atoms with Gasteiger partial charge in [0, 0.05) is 41.3 Å². The molecular weight excluding hydrogens is 307 g/mol. The molecule has 1 aromatic heterocycles. The van der Waals surface area contributed by atoms with Crippen LogP contribution in [0.1, 0.15) is 6.42 Å². The highest BCUT2D eigenvalue weighted by Gasteiger charge is 2.32. The Morgan fingerprint density at radius 2 is 1.62 bits per heavy atom. The molecular formula is C19H19FN2O2. The highest BCUT2D eigenvalue weighted by molar-refractivity contribution is 6.07. The minimum Gasteiger partial charge on any atom is -0.389 e. The Labute approximate surface area is 139 Å². The molecule has 2 aromatic carbocycles. The van der Waals surface area contributed by atoms with Crippen LogP contribution < -0.4 is 0 Å². The number of benzene rings is 2. The van der Waals surface area contributed by atoms with Gasteiger partial charge in [-0.15, -0.1) is 0 Å². The van der Waals surface area contributed by atoms with Crippen molar-refractivity contribution >= 4 is 27.7 Å². The molecule has 1 saturated heterocycles. The number of nitrogens with zero attached hydrogens (tertiary/aromatic N) is 2. The molecule has 4 nitrogen and oxygen atoms in total. The second-order valence-electron chi connectivity index (χ2n) is 6.34. The van der Waals surface area contributed by atoms with E-state index in [1.165, 1.54) is 4.90 Å². The second kappa shape index (κ2) is 5.91. The monoisotopic (exact) mass is 326 g/mol. The number of hydrogen-bond donors (Lipinski definition) is 1. The van der Waals surface area contributed by atoms with Gasteiger partial charge in [-0.05, 0) is 12.1 Å². The summed E-state index contributed by atoms with van der Waals surface area (Å²) >= 11 is 0. The molecule has 1 fully saturated rings. The number of halogens is 1. The summed E-state index contributed by atoms with van der Waals surface area (Å²) in [7, 11) is 0. The van der Waals surface area contributed by atoms with Gasteiger partial charge in [0.2, 0.25) is 0 Å². The van der Waals surface area contributed by atoms with Crippen LogP contribution in [0, 0.1) is 0 Å². The molecule has 5 heteroatoms. The van der Waals surface area contributed by atoms with Crippen molar-refractivity contribution in [2.45, 2.75) is 25.2 Å². The molecule has 0 spiro atoms. The summed E-state index contributed by atoms with van der Waals surface area (Å²) in [5.41, 5.74) is 2.10. The summed E-state index contributed by atoms with van der Waals surface area (Å²) in [6.07, 6.45) is -1.93. The zero-order chi connectivity index (χ0) is 16.7. The van der Waals surface area contributed by atoms with Crippen molar-refractivity contribution in [3.63, 3.8) is 0 Å². The number of alkyl halides is 1. The molecule has 24 heavy (non-hydrogen) atoms. The number of carbonyl (C=O) groups excluding carboxylic acids is 1. The van der Waals surface area contributed by atoms with E-state index in [1.807, 2.05) is 36.4 Å². The first-order chi connectivity index (χ1) is 11.6. The lowest BCUT2D eigenvalue weighted by Gasteiger charge is -2.21. The highest BCUT2D eigenvalue weighted by Crippen LogP contribution is 2.29. The van der Waals surface area contributed by atoms with E-state index in [0.29, 0.717) is 13.1 Å². The standard InChI is InChI=1S/C19H19FN2O2/c20-16-9-10-21(19(16)24)11-13(23)12-22-17-7-3-1-5-14(17)15-6-2-4-8-18(15)22/h1-8,13,16,23H,9-12H2. The normalized spacial score (nSPS) is 19.5. The third-order valence-corrected chi connectivity index (χ3v) is 4.74. The smallest absolute Gasteiger partial charge is 0.257 e. The van der Waals surface area contributed by atoms with Gasteiger partial charge in [-0.1, -0.05) is 36.4 Å². The minimum atomic E-state index is -1.41. The van der Waals surface area contributed by atoms with E-state index in [0.717, 1.165) is 21.8 Å². The molecule has 124 valence electrons. The van der Waals surface area contributed by atoms with Crippen molar-refractivity contribution in [2.75, 3.05) is 13.1 Å². The van der Waals surface area contributed by atoms with Gasteiger partial charge in [0.25, 0.3) is 5.91 Å². The molecule has 2 unspecified atom stereocenters. The summed E-state index contributed by atoms with van der Waals surface area (Å²) in [6.45, 7) is 0.916. The number of aliphatic hydroxyl groups is 1. The van der Waals surface area contributed by atoms with Gasteiger partial charge in [0.05, 0.1) is 12.6 Å². The van der Waals surface area contributed by atoms with Crippen molar-refractivity contribution in [3.8, 4) is 0 Å². The number of rotatable bonds is 4. The number of fused-ring (bicyclic) bond motifs is 3. The number of aliphatic hydroxyl groups excluding tert-OH is 1. The van der Waals surface area contributed by atoms with E-state index in [1.54, 1.807) is 0 Å². The maximum atomic E-state index is 13.3. The van der Waals surface area contributed by atoms with E-state index in [9.17, 15) is 14.3 Å². The Morgan fingerprint density at radius 3 is 2.17 bits per heavy atom. The van der Waals surface area contributed by atoms with Crippen LogP contribution in [-0.2, 0) is 11.3 Å². The van der Waals surface area contributed by atoms with Gasteiger partial charge in [-0.2, -0.15) is 0 Å². The summed E-state index contributed by atoms with van der Waals surface area (Å²) in [4.78, 5) is 13.1. The fourth-order valence-electron chi connectivity index (χ4n) is 3.61. The topological polar surface area (TPSA) is 45.5 Å². The fourth-order valence-corrected chi connectivity index (χ4v) is 3.61. The zero-order valence-corrected chi connectivity index (χ0v) is 13.2. The van der Waals surface area contributed by atoms with Crippen LogP contribution >= 0.6 is 0 Å². The lowest BCUT2D eigenvalue weighted by atomic mass is 10.2. The lowest BCUT2D eigenvalue weighted by molar-refractivity contribution is -0.133. The molecule has 1 aliphatic rings. The number of likely N-dealkylation sites (tertiary alicyclic amines) is 1. The van der Waals surface area contributed by atoms with E-state index >= 15 is 0 Å². The quantitative estimate of drug-likeness (QED) is 0.801. The Bertz CT molecular complexity index is 851. The van der Waals surface area contributed by atoms with E-state index in [2.05, 4.69) is 16.7 Å². The number of aromatic nitrogens is 1. The molecule has 2 atom stereocenters. The molecule has 0 aliphatic carbocycles. The Balaban J connectivity index is 1.65. The molecule has 1 aliphatic heterocycles. The average molecular weight is 326 g/mol. The second-order valence-corrected chi connectivity index (χ2v) is 6.34. The number of β-amino-alcohol motifs (C(OH)–C–C–N with tert-alkyl or cyclic N) is 1. The summed E-state index contributed by atoms with van der Waals surface area (Å²) in [5.74, 6) is -0.503. The van der Waals surface area contributed by atoms with Crippen LogP contribution in [0.3, 0.4) is 0 Å². The van der Waals surface area contributed by atoms with Gasteiger partial charge in [0.15, 0.2) is 6.17 Å². The third-order valence-electron chi connectivity index (χ3n) is 4.74. The van der Waals surface area contributed by atoms with E-state index in [4.69, 9.17) is 0 Å². The minimum absolute atomic E-state index is 0.167. The maximum Gasteiger partial charge on any atom is 0.257 e. The summed E-state index contributed by atoms with van der Waals surface area (Å²) in [5, 5.41) is 12.7. The maximum absolute atomic E-state index is 13.3. The van der Waals surface area contributed by atoms with Gasteiger partial charge in [-0.3, -0.25) is 4.79 Å². The molecule has 1 N–H and O–H groups in total. The van der Waals surface area contributed by atoms with Crippen LogP contribution in [0.2, 0.25) is 0 Å². The molecule has 0 saturated carbocycles. The third kappa shape index (κ3) is 2.45. The number of hydrogen-bond acceptors (Lipinski definition) is 2. The molecule has 0 bridgehead atoms. The van der Waals surface area contributed by atoms with Crippen LogP contribution in [0.25, 0.3) is 21.8 Å². The molecule has 3 aromatic rings. The molecule has 4 rings (SSSR count). The molecule has 1 amide bonds. The first-order valence-corrected chi connectivity index (χ1v) is 8.22. The zero-order valence-electron chi connectivity index (χ0n) is 13.2. The summed E-state index contributed by atoms with van der Waals surface area (Å²) in [6, 6.07) is 16.1. The Hall–Kier alpha value is -2.40. The summed E-state index contributed by atoms with van der Waals surface area (Å²) < 4.78 is 15.4.